The van der Waals surface area contributed by atoms with Gasteiger partial charge in [0.2, 0.25) is 0 Å². The van der Waals surface area contributed by atoms with Crippen molar-refractivity contribution in [2.75, 3.05) is 0 Å². The summed E-state index contributed by atoms with van der Waals surface area (Å²) in [7, 11) is 0. The Morgan fingerprint density at radius 2 is 1.79 bits per heavy atom. The SMILES string of the molecule is CCc1ccc(-c2nc3ccccc3c(=O)[nH]2)cc1. The minimum atomic E-state index is -0.0971. The van der Waals surface area contributed by atoms with Crippen LogP contribution in [0.2, 0.25) is 0 Å². The Morgan fingerprint density at radius 1 is 1.05 bits per heavy atom. The van der Waals surface area contributed by atoms with Gasteiger partial charge in [-0.2, -0.15) is 0 Å². The van der Waals surface area contributed by atoms with E-state index in [1.54, 1.807) is 6.07 Å². The van der Waals surface area contributed by atoms with Gasteiger partial charge < -0.3 is 4.98 Å². The molecule has 0 radical (unpaired) electrons. The van der Waals surface area contributed by atoms with E-state index in [-0.39, 0.29) is 5.56 Å². The smallest absolute Gasteiger partial charge is 0.259 e. The van der Waals surface area contributed by atoms with Crippen LogP contribution in [0.25, 0.3) is 22.3 Å². The number of benzene rings is 2. The van der Waals surface area contributed by atoms with E-state index in [1.807, 2.05) is 30.3 Å². The average molecular weight is 250 g/mol. The first-order valence-corrected chi connectivity index (χ1v) is 6.36. The monoisotopic (exact) mass is 250 g/mol. The van der Waals surface area contributed by atoms with E-state index in [1.165, 1.54) is 5.56 Å². The molecule has 0 spiro atoms. The van der Waals surface area contributed by atoms with Gasteiger partial charge in [-0.05, 0) is 24.1 Å². The second-order valence-corrected chi connectivity index (χ2v) is 4.48. The van der Waals surface area contributed by atoms with Crippen LogP contribution in [0.4, 0.5) is 0 Å². The van der Waals surface area contributed by atoms with Crippen LogP contribution in [0.3, 0.4) is 0 Å². The first-order chi connectivity index (χ1) is 9.28. The highest BCUT2D eigenvalue weighted by Crippen LogP contribution is 2.17. The number of rotatable bonds is 2. The highest BCUT2D eigenvalue weighted by molar-refractivity contribution is 5.79. The molecule has 3 nitrogen and oxygen atoms in total. The second-order valence-electron chi connectivity index (χ2n) is 4.48. The molecule has 0 fully saturated rings. The molecular weight excluding hydrogens is 236 g/mol. The molecule has 0 aliphatic heterocycles. The quantitative estimate of drug-likeness (QED) is 0.759. The first-order valence-electron chi connectivity index (χ1n) is 6.36. The number of para-hydroxylation sites is 1. The van der Waals surface area contributed by atoms with Crippen LogP contribution in [0.1, 0.15) is 12.5 Å². The van der Waals surface area contributed by atoms with Crippen LogP contribution in [0.15, 0.2) is 53.3 Å². The summed E-state index contributed by atoms with van der Waals surface area (Å²) in [6.45, 7) is 2.12. The molecule has 0 amide bonds. The number of H-pyrrole nitrogens is 1. The molecule has 0 saturated carbocycles. The van der Waals surface area contributed by atoms with Gasteiger partial charge in [-0.15, -0.1) is 0 Å². The van der Waals surface area contributed by atoms with Gasteiger partial charge in [0.25, 0.3) is 5.56 Å². The second kappa shape index (κ2) is 4.69. The summed E-state index contributed by atoms with van der Waals surface area (Å²) in [4.78, 5) is 19.3. The number of aromatic nitrogens is 2. The summed E-state index contributed by atoms with van der Waals surface area (Å²) in [6.07, 6.45) is 1.00. The zero-order chi connectivity index (χ0) is 13.2. The Bertz CT molecular complexity index is 773. The predicted octanol–water partition coefficient (Wildman–Crippen LogP) is 3.15. The highest BCUT2D eigenvalue weighted by Gasteiger charge is 2.05. The molecule has 0 aliphatic carbocycles. The maximum atomic E-state index is 12.0. The standard InChI is InChI=1S/C16H14N2O/c1-2-11-7-9-12(10-8-11)15-17-14-6-4-3-5-13(14)16(19)18-15/h3-10H,2H2,1H3,(H,17,18,19). The van der Waals surface area contributed by atoms with Crippen molar-refractivity contribution in [1.82, 2.24) is 9.97 Å². The third kappa shape index (κ3) is 2.15. The first kappa shape index (κ1) is 11.7. The lowest BCUT2D eigenvalue weighted by molar-refractivity contribution is 1.13. The maximum absolute atomic E-state index is 12.0. The molecular formula is C16H14N2O. The van der Waals surface area contributed by atoms with E-state index >= 15 is 0 Å². The third-order valence-corrected chi connectivity index (χ3v) is 3.25. The molecule has 0 saturated heterocycles. The summed E-state index contributed by atoms with van der Waals surface area (Å²) in [5.74, 6) is 0.617. The minimum absolute atomic E-state index is 0.0971. The zero-order valence-electron chi connectivity index (χ0n) is 10.7. The number of aryl methyl sites for hydroxylation is 1. The fourth-order valence-corrected chi connectivity index (χ4v) is 2.12. The molecule has 19 heavy (non-hydrogen) atoms. The van der Waals surface area contributed by atoms with E-state index in [2.05, 4.69) is 29.0 Å². The number of nitrogens with zero attached hydrogens (tertiary/aromatic N) is 1. The Morgan fingerprint density at radius 3 is 2.53 bits per heavy atom. The lowest BCUT2D eigenvalue weighted by Crippen LogP contribution is -2.09. The largest absolute Gasteiger partial charge is 0.306 e. The number of nitrogens with one attached hydrogen (secondary N) is 1. The Hall–Kier alpha value is -2.42. The molecule has 3 heteroatoms. The van der Waals surface area contributed by atoms with Crippen molar-refractivity contribution in [3.63, 3.8) is 0 Å². The summed E-state index contributed by atoms with van der Waals surface area (Å²) < 4.78 is 0. The Labute approximate surface area is 111 Å². The van der Waals surface area contributed by atoms with Crippen LogP contribution in [-0.2, 0) is 6.42 Å². The lowest BCUT2D eigenvalue weighted by atomic mass is 10.1. The van der Waals surface area contributed by atoms with Gasteiger partial charge in [-0.25, -0.2) is 4.98 Å². The predicted molar refractivity (Wildman–Crippen MR) is 77.2 cm³/mol. The molecule has 94 valence electrons. The van der Waals surface area contributed by atoms with E-state index < -0.39 is 0 Å². The fraction of sp³-hybridized carbons (Fsp3) is 0.125. The van der Waals surface area contributed by atoms with Gasteiger partial charge in [0.1, 0.15) is 5.82 Å². The molecule has 0 aliphatic rings. The van der Waals surface area contributed by atoms with Crippen molar-refractivity contribution in [3.05, 3.63) is 64.4 Å². The van der Waals surface area contributed by atoms with Crippen LogP contribution >= 0.6 is 0 Å². The summed E-state index contributed by atoms with van der Waals surface area (Å²) in [6, 6.07) is 15.5. The lowest BCUT2D eigenvalue weighted by Gasteiger charge is -2.04. The van der Waals surface area contributed by atoms with Gasteiger partial charge >= 0.3 is 0 Å². The normalized spacial score (nSPS) is 10.8. The minimum Gasteiger partial charge on any atom is -0.306 e. The number of hydrogen-bond acceptors (Lipinski definition) is 2. The average Bonchev–Trinajstić information content (AvgIpc) is 2.47. The molecule has 1 heterocycles. The molecule has 0 unspecified atom stereocenters. The molecule has 0 bridgehead atoms. The van der Waals surface area contributed by atoms with Crippen molar-refractivity contribution in [2.45, 2.75) is 13.3 Å². The van der Waals surface area contributed by atoms with E-state index in [0.29, 0.717) is 11.2 Å². The van der Waals surface area contributed by atoms with Crippen LogP contribution in [0, 0.1) is 0 Å². The molecule has 1 aromatic heterocycles. The van der Waals surface area contributed by atoms with E-state index in [4.69, 9.17) is 0 Å². The Balaban J connectivity index is 2.16. The van der Waals surface area contributed by atoms with Crippen LogP contribution in [-0.4, -0.2) is 9.97 Å². The van der Waals surface area contributed by atoms with Crippen molar-refractivity contribution >= 4 is 10.9 Å². The number of fused-ring (bicyclic) bond motifs is 1. The summed E-state index contributed by atoms with van der Waals surface area (Å²) in [5, 5.41) is 0.622. The molecule has 1 N–H and O–H groups in total. The van der Waals surface area contributed by atoms with Gasteiger partial charge in [0, 0.05) is 5.56 Å². The molecule has 2 aromatic carbocycles. The number of hydrogen-bond donors (Lipinski definition) is 1. The zero-order valence-corrected chi connectivity index (χ0v) is 10.7. The topological polar surface area (TPSA) is 45.8 Å². The fourth-order valence-electron chi connectivity index (χ4n) is 2.12. The van der Waals surface area contributed by atoms with Crippen molar-refractivity contribution in [2.24, 2.45) is 0 Å². The van der Waals surface area contributed by atoms with Gasteiger partial charge in [0.15, 0.2) is 0 Å². The maximum Gasteiger partial charge on any atom is 0.259 e. The van der Waals surface area contributed by atoms with Crippen molar-refractivity contribution in [3.8, 4) is 11.4 Å². The van der Waals surface area contributed by atoms with E-state index in [0.717, 1.165) is 17.5 Å². The molecule has 0 atom stereocenters. The van der Waals surface area contributed by atoms with Crippen LogP contribution in [0.5, 0.6) is 0 Å². The number of aromatic amines is 1. The highest BCUT2D eigenvalue weighted by atomic mass is 16.1. The Kier molecular flexibility index (Phi) is 2.88. The van der Waals surface area contributed by atoms with Crippen molar-refractivity contribution in [1.29, 1.82) is 0 Å². The third-order valence-electron chi connectivity index (χ3n) is 3.25. The van der Waals surface area contributed by atoms with Gasteiger partial charge in [-0.3, -0.25) is 4.79 Å². The van der Waals surface area contributed by atoms with Crippen LogP contribution < -0.4 is 5.56 Å². The van der Waals surface area contributed by atoms with Crippen molar-refractivity contribution < 1.29 is 0 Å². The summed E-state index contributed by atoms with van der Waals surface area (Å²) >= 11 is 0. The molecule has 3 rings (SSSR count). The molecule has 3 aromatic rings. The van der Waals surface area contributed by atoms with Gasteiger partial charge in [-0.1, -0.05) is 43.3 Å². The van der Waals surface area contributed by atoms with E-state index in [9.17, 15) is 4.79 Å². The van der Waals surface area contributed by atoms with Gasteiger partial charge in [0.05, 0.1) is 10.9 Å². The summed E-state index contributed by atoms with van der Waals surface area (Å²) in [5.41, 5.74) is 2.83.